The minimum Gasteiger partial charge on any atom is -0.0991 e. The van der Waals surface area contributed by atoms with E-state index in [1.807, 2.05) is 12.2 Å². The highest BCUT2D eigenvalue weighted by Gasteiger charge is 1.93. The molecular weight excluding hydrogens is 492 g/mol. The summed E-state index contributed by atoms with van der Waals surface area (Å²) in [6.07, 6.45) is 36.1. The highest BCUT2D eigenvalue weighted by Crippen LogP contribution is 2.14. The van der Waals surface area contributed by atoms with E-state index < -0.39 is 0 Å². The molecule has 0 heterocycles. The molecule has 0 nitrogen and oxygen atoms in total. The van der Waals surface area contributed by atoms with E-state index in [4.69, 9.17) is 0 Å². The van der Waals surface area contributed by atoms with Gasteiger partial charge < -0.3 is 0 Å². The van der Waals surface area contributed by atoms with Crippen LogP contribution < -0.4 is 0 Å². The van der Waals surface area contributed by atoms with Crippen LogP contribution in [0.25, 0.3) is 0 Å². The van der Waals surface area contributed by atoms with E-state index in [1.54, 1.807) is 0 Å². The fraction of sp³-hybridized carbons (Fsp3) is 0.512. The summed E-state index contributed by atoms with van der Waals surface area (Å²) in [5, 5.41) is 0. The summed E-state index contributed by atoms with van der Waals surface area (Å²) in [5.41, 5.74) is 11.5. The molecule has 0 saturated heterocycles. The Morgan fingerprint density at radius 3 is 1.20 bits per heavy atom. The van der Waals surface area contributed by atoms with Crippen LogP contribution in [0.3, 0.4) is 0 Å². The molecule has 0 atom stereocenters. The van der Waals surface area contributed by atoms with Gasteiger partial charge in [0.05, 0.1) is 0 Å². The van der Waals surface area contributed by atoms with E-state index in [0.717, 1.165) is 19.3 Å². The summed E-state index contributed by atoms with van der Waals surface area (Å²) < 4.78 is 0. The van der Waals surface area contributed by atoms with Gasteiger partial charge in [0, 0.05) is 0 Å². The Kier molecular flexibility index (Phi) is 27.3. The van der Waals surface area contributed by atoms with Gasteiger partial charge in [0.25, 0.3) is 0 Å². The molecule has 0 fully saturated rings. The summed E-state index contributed by atoms with van der Waals surface area (Å²) in [5.74, 6) is 0. The highest BCUT2D eigenvalue weighted by atomic mass is 14.0. The lowest BCUT2D eigenvalue weighted by Gasteiger charge is -2.02. The molecule has 0 aromatic heterocycles. The number of hydrogen-bond donors (Lipinski definition) is 0. The van der Waals surface area contributed by atoms with E-state index in [0.29, 0.717) is 0 Å². The second kappa shape index (κ2) is 27.6. The summed E-state index contributed by atoms with van der Waals surface area (Å²) in [6, 6.07) is 0. The molecule has 0 saturated carbocycles. The van der Waals surface area contributed by atoms with Gasteiger partial charge in [0.2, 0.25) is 0 Å². The molecule has 0 aliphatic heterocycles. The molecule has 0 aliphatic carbocycles. The zero-order valence-electron chi connectivity index (χ0n) is 29.1. The third-order valence-corrected chi connectivity index (χ3v) is 6.89. The van der Waals surface area contributed by atoms with Crippen LogP contribution in [0.1, 0.15) is 140 Å². The third-order valence-electron chi connectivity index (χ3n) is 6.89. The van der Waals surface area contributed by atoms with Crippen molar-refractivity contribution in [3.8, 4) is 0 Å². The van der Waals surface area contributed by atoms with Crippen molar-refractivity contribution in [2.45, 2.75) is 140 Å². The van der Waals surface area contributed by atoms with Crippen LogP contribution in [0.5, 0.6) is 0 Å². The lowest BCUT2D eigenvalue weighted by Crippen LogP contribution is -1.82. The Bertz CT molecular complexity index is 981. The van der Waals surface area contributed by atoms with E-state index >= 15 is 0 Å². The molecule has 0 spiro atoms. The van der Waals surface area contributed by atoms with Gasteiger partial charge in [-0.05, 0) is 140 Å². The molecule has 0 N–H and O–H groups in total. The quantitative estimate of drug-likeness (QED) is 0.116. The van der Waals surface area contributed by atoms with Gasteiger partial charge in [-0.3, -0.25) is 0 Å². The maximum atomic E-state index is 3.70. The second-order valence-corrected chi connectivity index (χ2v) is 12.1. The van der Waals surface area contributed by atoms with Crippen molar-refractivity contribution >= 4 is 0 Å². The summed E-state index contributed by atoms with van der Waals surface area (Å²) in [4.78, 5) is 0. The molecule has 0 radical (unpaired) electrons. The molecule has 0 aromatic rings. The lowest BCUT2D eigenvalue weighted by atomic mass is 10.0. The topological polar surface area (TPSA) is 0 Å². The Labute approximate surface area is 257 Å². The number of rotatable bonds is 18. The molecular formula is C41H66. The largest absolute Gasteiger partial charge is 0.0991 e. The van der Waals surface area contributed by atoms with Crippen molar-refractivity contribution in [1.29, 1.82) is 0 Å². The second-order valence-electron chi connectivity index (χ2n) is 12.1. The summed E-state index contributed by atoms with van der Waals surface area (Å²) >= 11 is 0. The van der Waals surface area contributed by atoms with Crippen LogP contribution in [0.15, 0.2) is 118 Å². The molecule has 0 aromatic carbocycles. The molecule has 0 aliphatic rings. The van der Waals surface area contributed by atoms with Gasteiger partial charge in [0.15, 0.2) is 0 Å². The molecule has 41 heavy (non-hydrogen) atoms. The first-order chi connectivity index (χ1) is 19.4. The van der Waals surface area contributed by atoms with Crippen molar-refractivity contribution < 1.29 is 0 Å². The molecule has 0 heteroatoms. The van der Waals surface area contributed by atoms with Crippen molar-refractivity contribution in [3.63, 3.8) is 0 Å². The number of allylic oxidation sites excluding steroid dienone is 19. The smallest absolute Gasteiger partial charge is 0.0285 e. The molecule has 230 valence electrons. The average Bonchev–Trinajstić information content (AvgIpc) is 2.88. The SMILES string of the molecule is C/C=C(\C)CC/C=C(\C)CC/C=C(\C)CCC=C(C)C.C=C/C=C(C)/C=C/C=C(\C)CC/C=C(\C)CCC=C(C)C. The molecule has 0 unspecified atom stereocenters. The summed E-state index contributed by atoms with van der Waals surface area (Å²) in [7, 11) is 0. The third kappa shape index (κ3) is 31.8. The molecule has 0 amide bonds. The Hall–Kier alpha value is -2.60. The highest BCUT2D eigenvalue weighted by molar-refractivity contribution is 5.25. The zero-order chi connectivity index (χ0) is 31.5. The van der Waals surface area contributed by atoms with Gasteiger partial charge in [-0.15, -0.1) is 0 Å². The van der Waals surface area contributed by atoms with Crippen LogP contribution in [0, 0.1) is 0 Å². The predicted octanol–water partition coefficient (Wildman–Crippen LogP) is 14.2. The first kappa shape index (κ1) is 40.5. The van der Waals surface area contributed by atoms with E-state index in [9.17, 15) is 0 Å². The average molecular weight is 559 g/mol. The van der Waals surface area contributed by atoms with Crippen LogP contribution in [0.4, 0.5) is 0 Å². The maximum Gasteiger partial charge on any atom is -0.0285 e. The zero-order valence-corrected chi connectivity index (χ0v) is 29.1. The normalized spacial score (nSPS) is 13.6. The van der Waals surface area contributed by atoms with Crippen molar-refractivity contribution in [1.82, 2.24) is 0 Å². The van der Waals surface area contributed by atoms with E-state index in [-0.39, 0.29) is 0 Å². The molecule has 0 bridgehead atoms. The Morgan fingerprint density at radius 1 is 0.463 bits per heavy atom. The van der Waals surface area contributed by atoms with Crippen LogP contribution in [-0.4, -0.2) is 0 Å². The van der Waals surface area contributed by atoms with Crippen LogP contribution in [0.2, 0.25) is 0 Å². The van der Waals surface area contributed by atoms with Crippen LogP contribution in [-0.2, 0) is 0 Å². The Morgan fingerprint density at radius 2 is 0.829 bits per heavy atom. The lowest BCUT2D eigenvalue weighted by molar-refractivity contribution is 0.899. The standard InChI is InChI=1S/C21H32.C20H34/c1-7-11-19(4)14-9-15-21(6)17-10-16-20(5)13-8-12-18(2)3;1-7-18(4)12-9-14-20(6)16-10-15-19(5)13-8-11-17(2)3/h7,9,11-12,14-16H,1,8,10,13,17H2,2-6H3;7,11,14-15H,8-10,12-13,16H2,1-6H3/b14-9+,19-11+,20-16+,21-15+;18-7+,19-15+,20-14+. The minimum atomic E-state index is 1.13. The van der Waals surface area contributed by atoms with Gasteiger partial charge in [-0.2, -0.15) is 0 Å². The van der Waals surface area contributed by atoms with Gasteiger partial charge in [-0.25, -0.2) is 0 Å². The first-order valence-corrected chi connectivity index (χ1v) is 15.9. The van der Waals surface area contributed by atoms with E-state index in [2.05, 4.69) is 137 Å². The first-order valence-electron chi connectivity index (χ1n) is 15.9. The van der Waals surface area contributed by atoms with Crippen molar-refractivity contribution in [2.24, 2.45) is 0 Å². The summed E-state index contributed by atoms with van der Waals surface area (Å²) in [6.45, 7) is 27.7. The van der Waals surface area contributed by atoms with E-state index in [1.165, 1.54) is 89.5 Å². The van der Waals surface area contributed by atoms with Crippen molar-refractivity contribution in [3.05, 3.63) is 118 Å². The van der Waals surface area contributed by atoms with Gasteiger partial charge >= 0.3 is 0 Å². The van der Waals surface area contributed by atoms with Gasteiger partial charge in [0.1, 0.15) is 0 Å². The minimum absolute atomic E-state index is 1.13. The fourth-order valence-corrected chi connectivity index (χ4v) is 3.96. The van der Waals surface area contributed by atoms with Gasteiger partial charge in [-0.1, -0.05) is 118 Å². The fourth-order valence-electron chi connectivity index (χ4n) is 3.96. The maximum absolute atomic E-state index is 3.70. The molecule has 0 rings (SSSR count). The van der Waals surface area contributed by atoms with Crippen molar-refractivity contribution in [2.75, 3.05) is 0 Å². The predicted molar refractivity (Wildman–Crippen MR) is 193 cm³/mol. The Balaban J connectivity index is 0. The number of hydrogen-bond acceptors (Lipinski definition) is 0. The van der Waals surface area contributed by atoms with Crippen LogP contribution >= 0.6 is 0 Å². The monoisotopic (exact) mass is 559 g/mol.